The average Bonchev–Trinajstić information content (AvgIpc) is 3.18. The summed E-state index contributed by atoms with van der Waals surface area (Å²) in [6.07, 6.45) is 2.09. The van der Waals surface area contributed by atoms with Crippen LogP contribution in [-0.2, 0) is 17.0 Å². The van der Waals surface area contributed by atoms with Crippen molar-refractivity contribution in [1.82, 2.24) is 14.8 Å². The first-order chi connectivity index (χ1) is 11.1. The van der Waals surface area contributed by atoms with Gasteiger partial charge in [0.15, 0.2) is 5.16 Å². The minimum Gasteiger partial charge on any atom is -0.376 e. The number of nitrogens with two attached hydrogens (primary N) is 1. The van der Waals surface area contributed by atoms with E-state index in [1.807, 2.05) is 12.1 Å². The van der Waals surface area contributed by atoms with E-state index in [2.05, 4.69) is 10.2 Å². The van der Waals surface area contributed by atoms with Crippen LogP contribution in [0, 0.1) is 0 Å². The van der Waals surface area contributed by atoms with E-state index >= 15 is 0 Å². The second-order valence-corrected chi connectivity index (χ2v) is 6.35. The second-order valence-electron chi connectivity index (χ2n) is 5.41. The number of amides is 1. The van der Waals surface area contributed by atoms with Gasteiger partial charge in [0, 0.05) is 17.9 Å². The van der Waals surface area contributed by atoms with Gasteiger partial charge in [0.25, 0.3) is 0 Å². The van der Waals surface area contributed by atoms with E-state index in [1.54, 1.807) is 16.7 Å². The van der Waals surface area contributed by atoms with Crippen molar-refractivity contribution in [2.75, 3.05) is 6.61 Å². The van der Waals surface area contributed by atoms with Crippen molar-refractivity contribution in [3.05, 3.63) is 45.9 Å². The molecule has 1 aliphatic rings. The van der Waals surface area contributed by atoms with E-state index in [0.717, 1.165) is 25.0 Å². The molecule has 7 nitrogen and oxygen atoms in total. The normalized spacial score (nSPS) is 17.5. The van der Waals surface area contributed by atoms with Crippen LogP contribution >= 0.6 is 11.8 Å². The van der Waals surface area contributed by atoms with Gasteiger partial charge in [-0.1, -0.05) is 23.9 Å². The third-order valence-corrected chi connectivity index (χ3v) is 4.79. The number of thioether (sulfide) groups is 1. The average molecular weight is 334 g/mol. The number of benzene rings is 1. The van der Waals surface area contributed by atoms with Crippen LogP contribution in [0.25, 0.3) is 0 Å². The molecule has 1 unspecified atom stereocenters. The molecule has 0 radical (unpaired) electrons. The molecule has 2 aromatic rings. The monoisotopic (exact) mass is 334 g/mol. The molecule has 8 heteroatoms. The lowest BCUT2D eigenvalue weighted by atomic mass is 10.1. The van der Waals surface area contributed by atoms with E-state index in [1.165, 1.54) is 11.8 Å². The largest absolute Gasteiger partial charge is 0.376 e. The summed E-state index contributed by atoms with van der Waals surface area (Å²) in [5.74, 6) is 0.205. The topological polar surface area (TPSA) is 103 Å². The van der Waals surface area contributed by atoms with Crippen molar-refractivity contribution < 1.29 is 9.53 Å². The lowest BCUT2D eigenvalue weighted by Gasteiger charge is -2.11. The third-order valence-electron chi connectivity index (χ3n) is 3.74. The zero-order chi connectivity index (χ0) is 16.2. The lowest BCUT2D eigenvalue weighted by molar-refractivity contribution is 0.0941. The number of aromatic nitrogens is 3. The summed E-state index contributed by atoms with van der Waals surface area (Å²) < 4.78 is 7.20. The Kier molecular flexibility index (Phi) is 4.82. The fourth-order valence-electron chi connectivity index (χ4n) is 2.48. The third kappa shape index (κ3) is 3.83. The molecular formula is C15H18N4O3S. The molecule has 0 bridgehead atoms. The van der Waals surface area contributed by atoms with Gasteiger partial charge in [-0.3, -0.25) is 9.36 Å². The van der Waals surface area contributed by atoms with E-state index in [0.29, 0.717) is 23.0 Å². The van der Waals surface area contributed by atoms with Crippen LogP contribution in [0.5, 0.6) is 0 Å². The fourth-order valence-corrected chi connectivity index (χ4v) is 3.39. The van der Waals surface area contributed by atoms with Crippen molar-refractivity contribution in [2.24, 2.45) is 5.73 Å². The number of carbonyl (C=O) groups is 1. The number of aromatic amines is 1. The Labute approximate surface area is 137 Å². The number of hydrogen-bond acceptors (Lipinski definition) is 5. The lowest BCUT2D eigenvalue weighted by Crippen LogP contribution is -2.24. The smallest absolute Gasteiger partial charge is 0.344 e. The van der Waals surface area contributed by atoms with E-state index in [4.69, 9.17) is 10.5 Å². The van der Waals surface area contributed by atoms with Gasteiger partial charge in [0.1, 0.15) is 0 Å². The summed E-state index contributed by atoms with van der Waals surface area (Å²) in [7, 11) is 0. The first kappa shape index (κ1) is 15.8. The Morgan fingerprint density at radius 3 is 2.87 bits per heavy atom. The number of H-pyrrole nitrogens is 1. The van der Waals surface area contributed by atoms with Crippen molar-refractivity contribution in [3.8, 4) is 0 Å². The molecule has 0 aliphatic carbocycles. The molecule has 3 N–H and O–H groups in total. The van der Waals surface area contributed by atoms with Gasteiger partial charge in [0.05, 0.1) is 12.6 Å². The number of nitrogens with zero attached hydrogens (tertiary/aromatic N) is 2. The maximum atomic E-state index is 11.9. The Morgan fingerprint density at radius 2 is 2.22 bits per heavy atom. The molecule has 0 spiro atoms. The van der Waals surface area contributed by atoms with Crippen molar-refractivity contribution in [3.63, 3.8) is 0 Å². The van der Waals surface area contributed by atoms with Gasteiger partial charge < -0.3 is 10.5 Å². The van der Waals surface area contributed by atoms with Crippen molar-refractivity contribution >= 4 is 17.7 Å². The Balaban J connectivity index is 1.65. The molecule has 1 amide bonds. The molecule has 1 fully saturated rings. The van der Waals surface area contributed by atoms with E-state index < -0.39 is 5.91 Å². The molecule has 1 saturated heterocycles. The number of ether oxygens (including phenoxy) is 1. The summed E-state index contributed by atoms with van der Waals surface area (Å²) in [4.78, 5) is 22.9. The Bertz CT molecular complexity index is 732. The van der Waals surface area contributed by atoms with Gasteiger partial charge in [-0.25, -0.2) is 9.89 Å². The van der Waals surface area contributed by atoms with Crippen molar-refractivity contribution in [2.45, 2.75) is 36.4 Å². The molecular weight excluding hydrogens is 316 g/mol. The van der Waals surface area contributed by atoms with E-state index in [-0.39, 0.29) is 11.8 Å². The number of hydrogen-bond donors (Lipinski definition) is 2. The van der Waals surface area contributed by atoms with Gasteiger partial charge >= 0.3 is 5.69 Å². The number of nitrogens with one attached hydrogen (secondary N) is 1. The number of rotatable bonds is 6. The van der Waals surface area contributed by atoms with Gasteiger partial charge in [0.2, 0.25) is 5.91 Å². The first-order valence-electron chi connectivity index (χ1n) is 7.42. The van der Waals surface area contributed by atoms with Crippen LogP contribution in [0.15, 0.2) is 34.2 Å². The molecule has 1 aromatic carbocycles. The van der Waals surface area contributed by atoms with Crippen LogP contribution < -0.4 is 11.4 Å². The summed E-state index contributed by atoms with van der Waals surface area (Å²) in [6, 6.07) is 7.09. The first-order valence-corrected chi connectivity index (χ1v) is 8.40. The zero-order valence-corrected chi connectivity index (χ0v) is 13.3. The van der Waals surface area contributed by atoms with Crippen LogP contribution in [0.3, 0.4) is 0 Å². The predicted molar refractivity (Wildman–Crippen MR) is 86.3 cm³/mol. The highest BCUT2D eigenvalue weighted by Crippen LogP contribution is 2.21. The van der Waals surface area contributed by atoms with Crippen LogP contribution in [0.2, 0.25) is 0 Å². The summed E-state index contributed by atoms with van der Waals surface area (Å²) in [5, 5.41) is 7.21. The number of primary amides is 1. The number of carbonyl (C=O) groups excluding carboxylic acids is 1. The minimum absolute atomic E-state index is 0.0829. The van der Waals surface area contributed by atoms with Gasteiger partial charge in [-0.15, -0.1) is 5.10 Å². The van der Waals surface area contributed by atoms with Crippen LogP contribution in [0.4, 0.5) is 0 Å². The summed E-state index contributed by atoms with van der Waals surface area (Å²) in [6.45, 7) is 1.28. The predicted octanol–water partition coefficient (Wildman–Crippen LogP) is 1.14. The maximum Gasteiger partial charge on any atom is 0.344 e. The molecule has 122 valence electrons. The summed E-state index contributed by atoms with van der Waals surface area (Å²) in [5.41, 5.74) is 6.51. The Hall–Kier alpha value is -2.06. The molecule has 2 heterocycles. The molecule has 1 aromatic heterocycles. The van der Waals surface area contributed by atoms with Crippen molar-refractivity contribution in [1.29, 1.82) is 0 Å². The van der Waals surface area contributed by atoms with Crippen LogP contribution in [0.1, 0.15) is 28.8 Å². The molecule has 3 rings (SSSR count). The molecule has 0 saturated carbocycles. The summed E-state index contributed by atoms with van der Waals surface area (Å²) >= 11 is 1.47. The fraction of sp³-hybridized carbons (Fsp3) is 0.400. The zero-order valence-electron chi connectivity index (χ0n) is 12.5. The van der Waals surface area contributed by atoms with Crippen LogP contribution in [-0.4, -0.2) is 33.4 Å². The van der Waals surface area contributed by atoms with E-state index in [9.17, 15) is 9.59 Å². The van der Waals surface area contributed by atoms with Gasteiger partial charge in [-0.2, -0.15) is 0 Å². The minimum atomic E-state index is -0.443. The molecule has 1 atom stereocenters. The quantitative estimate of drug-likeness (QED) is 0.771. The highest BCUT2D eigenvalue weighted by atomic mass is 32.2. The van der Waals surface area contributed by atoms with Gasteiger partial charge in [-0.05, 0) is 30.5 Å². The Morgan fingerprint density at radius 1 is 1.43 bits per heavy atom. The standard InChI is InChI=1S/C15H18N4O3S/c16-13(20)11-5-3-10(4-6-11)9-23-15-18-17-14(21)19(15)8-12-2-1-7-22-12/h3-6,12H,1-2,7-9H2,(H2,16,20)(H,17,21). The SMILES string of the molecule is NC(=O)c1ccc(CSc2n[nH]c(=O)n2CC2CCCO2)cc1. The highest BCUT2D eigenvalue weighted by Gasteiger charge is 2.19. The molecule has 1 aliphatic heterocycles. The second kappa shape index (κ2) is 7.01. The highest BCUT2D eigenvalue weighted by molar-refractivity contribution is 7.98. The maximum absolute atomic E-state index is 11.9. The molecule has 23 heavy (non-hydrogen) atoms.